The van der Waals surface area contributed by atoms with Crippen LogP contribution in [0.25, 0.3) is 0 Å². The van der Waals surface area contributed by atoms with Crippen LogP contribution in [0.4, 0.5) is 0 Å². The van der Waals surface area contributed by atoms with E-state index in [1.54, 1.807) is 6.20 Å². The fourth-order valence-electron chi connectivity index (χ4n) is 1.60. The normalized spacial score (nSPS) is 24.4. The van der Waals surface area contributed by atoms with Gasteiger partial charge in [0.05, 0.1) is 4.47 Å². The first kappa shape index (κ1) is 10.5. The van der Waals surface area contributed by atoms with Gasteiger partial charge in [-0.25, -0.2) is 9.97 Å². The zero-order valence-corrected chi connectivity index (χ0v) is 9.99. The van der Waals surface area contributed by atoms with Gasteiger partial charge in [0.25, 0.3) is 5.91 Å². The van der Waals surface area contributed by atoms with Crippen molar-refractivity contribution in [2.45, 2.75) is 25.8 Å². The Morgan fingerprint density at radius 1 is 1.60 bits per heavy atom. The second-order valence-electron chi connectivity index (χ2n) is 3.85. The maximum absolute atomic E-state index is 11.8. The number of nitrogens with one attached hydrogen (secondary N) is 1. The van der Waals surface area contributed by atoms with Crippen LogP contribution in [0.15, 0.2) is 17.0 Å². The van der Waals surface area contributed by atoms with Gasteiger partial charge in [-0.1, -0.05) is 6.92 Å². The van der Waals surface area contributed by atoms with E-state index in [1.165, 1.54) is 12.7 Å². The molecule has 0 radical (unpaired) electrons. The molecule has 1 amide bonds. The minimum Gasteiger partial charge on any atom is -0.348 e. The topological polar surface area (TPSA) is 54.9 Å². The van der Waals surface area contributed by atoms with E-state index < -0.39 is 0 Å². The van der Waals surface area contributed by atoms with E-state index >= 15 is 0 Å². The minimum absolute atomic E-state index is 0.124. The van der Waals surface area contributed by atoms with Crippen molar-refractivity contribution >= 4 is 21.8 Å². The number of hydrogen-bond acceptors (Lipinski definition) is 3. The number of carbonyl (C=O) groups is 1. The predicted octanol–water partition coefficient (Wildman–Crippen LogP) is 1.77. The number of hydrogen-bond donors (Lipinski definition) is 1. The predicted molar refractivity (Wildman–Crippen MR) is 59.4 cm³/mol. The zero-order chi connectivity index (χ0) is 10.8. The molecule has 2 unspecified atom stereocenters. The molecule has 4 nitrogen and oxygen atoms in total. The third-order valence-electron chi connectivity index (χ3n) is 2.82. The lowest BCUT2D eigenvalue weighted by Crippen LogP contribution is -2.45. The largest absolute Gasteiger partial charge is 0.348 e. The first-order valence-electron chi connectivity index (χ1n) is 4.95. The van der Waals surface area contributed by atoms with Crippen molar-refractivity contribution in [3.8, 4) is 0 Å². The lowest BCUT2D eigenvalue weighted by Gasteiger charge is -2.34. The molecule has 1 saturated carbocycles. The summed E-state index contributed by atoms with van der Waals surface area (Å²) in [4.78, 5) is 19.5. The highest BCUT2D eigenvalue weighted by Gasteiger charge is 2.28. The van der Waals surface area contributed by atoms with Gasteiger partial charge in [-0.3, -0.25) is 4.79 Å². The van der Waals surface area contributed by atoms with Gasteiger partial charge < -0.3 is 5.32 Å². The molecule has 0 aliphatic heterocycles. The van der Waals surface area contributed by atoms with E-state index in [-0.39, 0.29) is 5.91 Å². The molecular formula is C10H12BrN3O. The van der Waals surface area contributed by atoms with Crippen molar-refractivity contribution < 1.29 is 4.79 Å². The first-order valence-corrected chi connectivity index (χ1v) is 5.74. The van der Waals surface area contributed by atoms with E-state index in [9.17, 15) is 4.79 Å². The van der Waals surface area contributed by atoms with Crippen molar-refractivity contribution in [3.05, 3.63) is 22.7 Å². The lowest BCUT2D eigenvalue weighted by atomic mass is 9.81. The molecule has 1 fully saturated rings. The molecule has 2 rings (SSSR count). The Kier molecular flexibility index (Phi) is 3.00. The quantitative estimate of drug-likeness (QED) is 0.891. The molecule has 0 bridgehead atoms. The van der Waals surface area contributed by atoms with Crippen LogP contribution in [0, 0.1) is 5.92 Å². The number of nitrogens with zero attached hydrogens (tertiary/aromatic N) is 2. The summed E-state index contributed by atoms with van der Waals surface area (Å²) in [5.41, 5.74) is 0.407. The van der Waals surface area contributed by atoms with Crippen LogP contribution >= 0.6 is 15.9 Å². The standard InChI is InChI=1S/C10H12BrN3O/c1-6-2-3-8(6)14-10(15)9-7(11)4-12-5-13-9/h4-6,8H,2-3H2,1H3,(H,14,15). The number of rotatable bonds is 2. The molecular weight excluding hydrogens is 258 g/mol. The molecule has 1 aliphatic carbocycles. The summed E-state index contributed by atoms with van der Waals surface area (Å²) < 4.78 is 0.634. The number of halogens is 1. The van der Waals surface area contributed by atoms with Gasteiger partial charge >= 0.3 is 0 Å². The highest BCUT2D eigenvalue weighted by Crippen LogP contribution is 2.26. The van der Waals surface area contributed by atoms with Crippen LogP contribution in [0.5, 0.6) is 0 Å². The van der Waals surface area contributed by atoms with Gasteiger partial charge in [-0.15, -0.1) is 0 Å². The van der Waals surface area contributed by atoms with Crippen LogP contribution < -0.4 is 5.32 Å². The SMILES string of the molecule is CC1CCC1NC(=O)c1ncncc1Br. The lowest BCUT2D eigenvalue weighted by molar-refractivity contribution is 0.0878. The highest BCUT2D eigenvalue weighted by atomic mass is 79.9. The Bertz CT molecular complexity index is 383. The highest BCUT2D eigenvalue weighted by molar-refractivity contribution is 9.10. The van der Waals surface area contributed by atoms with Gasteiger partial charge in [-0.2, -0.15) is 0 Å². The van der Waals surface area contributed by atoms with Gasteiger partial charge in [0, 0.05) is 12.2 Å². The van der Waals surface area contributed by atoms with Gasteiger partial charge in [0.15, 0.2) is 0 Å². The number of aromatic nitrogens is 2. The summed E-state index contributed by atoms with van der Waals surface area (Å²) in [5.74, 6) is 0.454. The molecule has 5 heteroatoms. The molecule has 15 heavy (non-hydrogen) atoms. The van der Waals surface area contributed by atoms with Gasteiger partial charge in [-0.05, 0) is 34.7 Å². The third kappa shape index (κ3) is 2.17. The van der Waals surface area contributed by atoms with E-state index in [0.29, 0.717) is 22.1 Å². The molecule has 80 valence electrons. The van der Waals surface area contributed by atoms with Gasteiger partial charge in [0.2, 0.25) is 0 Å². The van der Waals surface area contributed by atoms with Crippen molar-refractivity contribution in [3.63, 3.8) is 0 Å². The van der Waals surface area contributed by atoms with Crippen molar-refractivity contribution in [1.29, 1.82) is 0 Å². The van der Waals surface area contributed by atoms with Crippen LogP contribution in [0.1, 0.15) is 30.3 Å². The number of amides is 1. The van der Waals surface area contributed by atoms with Crippen LogP contribution in [0.3, 0.4) is 0 Å². The van der Waals surface area contributed by atoms with Crippen molar-refractivity contribution in [2.24, 2.45) is 5.92 Å². The summed E-state index contributed by atoms with van der Waals surface area (Å²) in [6.45, 7) is 2.14. The van der Waals surface area contributed by atoms with Crippen molar-refractivity contribution in [2.75, 3.05) is 0 Å². The Labute approximate surface area is 96.6 Å². The molecule has 0 aromatic carbocycles. The minimum atomic E-state index is -0.124. The molecule has 1 N–H and O–H groups in total. The first-order chi connectivity index (χ1) is 7.18. The fourth-order valence-corrected chi connectivity index (χ4v) is 2.00. The summed E-state index contributed by atoms with van der Waals surface area (Å²) in [6.07, 6.45) is 5.21. The summed E-state index contributed by atoms with van der Waals surface area (Å²) in [5, 5.41) is 2.96. The van der Waals surface area contributed by atoms with E-state index in [2.05, 4.69) is 38.1 Å². The average molecular weight is 270 g/mol. The summed E-state index contributed by atoms with van der Waals surface area (Å²) in [7, 11) is 0. The molecule has 1 aromatic heterocycles. The second-order valence-corrected chi connectivity index (χ2v) is 4.71. The third-order valence-corrected chi connectivity index (χ3v) is 3.40. The Morgan fingerprint density at radius 3 is 2.93 bits per heavy atom. The average Bonchev–Trinajstić information content (AvgIpc) is 2.24. The summed E-state index contributed by atoms with van der Waals surface area (Å²) in [6, 6.07) is 0.305. The molecule has 2 atom stereocenters. The van der Waals surface area contributed by atoms with Crippen LogP contribution in [-0.4, -0.2) is 21.9 Å². The Morgan fingerprint density at radius 2 is 2.40 bits per heavy atom. The second kappa shape index (κ2) is 4.26. The van der Waals surface area contributed by atoms with E-state index in [1.807, 2.05) is 0 Å². The smallest absolute Gasteiger partial charge is 0.271 e. The molecule has 1 heterocycles. The van der Waals surface area contributed by atoms with Crippen LogP contribution in [0.2, 0.25) is 0 Å². The molecule has 0 spiro atoms. The maximum Gasteiger partial charge on any atom is 0.271 e. The number of carbonyl (C=O) groups excluding carboxylic acids is 1. The molecule has 1 aromatic rings. The van der Waals surface area contributed by atoms with E-state index in [4.69, 9.17) is 0 Å². The Hall–Kier alpha value is -0.970. The molecule has 0 saturated heterocycles. The maximum atomic E-state index is 11.8. The summed E-state index contributed by atoms with van der Waals surface area (Å²) >= 11 is 3.26. The van der Waals surface area contributed by atoms with E-state index in [0.717, 1.165) is 6.42 Å². The fraction of sp³-hybridized carbons (Fsp3) is 0.500. The van der Waals surface area contributed by atoms with Gasteiger partial charge in [0.1, 0.15) is 12.0 Å². The van der Waals surface area contributed by atoms with Crippen molar-refractivity contribution in [1.82, 2.24) is 15.3 Å². The zero-order valence-electron chi connectivity index (χ0n) is 8.40. The molecule has 1 aliphatic rings. The monoisotopic (exact) mass is 269 g/mol. The van der Waals surface area contributed by atoms with Crippen LogP contribution in [-0.2, 0) is 0 Å². The Balaban J connectivity index is 2.05.